The van der Waals surface area contributed by atoms with Crippen LogP contribution in [0.5, 0.6) is 0 Å². The molecule has 0 aromatic heterocycles. The first-order valence-electron chi connectivity index (χ1n) is 8.08. The van der Waals surface area contributed by atoms with Crippen LogP contribution in [0.2, 0.25) is 0 Å². The van der Waals surface area contributed by atoms with Crippen LogP contribution in [0.4, 0.5) is 0 Å². The van der Waals surface area contributed by atoms with E-state index < -0.39 is 15.6 Å². The molecule has 0 aromatic rings. The lowest BCUT2D eigenvalue weighted by atomic mass is 9.85. The van der Waals surface area contributed by atoms with Gasteiger partial charge in [0.15, 0.2) is 0 Å². The second kappa shape index (κ2) is 5.66. The SMILES string of the molecule is O=S1(=O)CC2(CCCCC2)OC(CC2CCCCC2)=N1. The number of rotatable bonds is 2. The topological polar surface area (TPSA) is 55.7 Å². The third kappa shape index (κ3) is 3.35. The number of nitrogens with zero attached hydrogens (tertiary/aromatic N) is 1. The van der Waals surface area contributed by atoms with E-state index in [4.69, 9.17) is 4.74 Å². The first-order valence-corrected chi connectivity index (χ1v) is 9.68. The van der Waals surface area contributed by atoms with Gasteiger partial charge in [0.1, 0.15) is 11.4 Å². The molecule has 1 aliphatic heterocycles. The molecule has 0 aromatic carbocycles. The van der Waals surface area contributed by atoms with Crippen LogP contribution in [0, 0.1) is 5.92 Å². The Morgan fingerprint density at radius 1 is 1.05 bits per heavy atom. The quantitative estimate of drug-likeness (QED) is 0.785. The van der Waals surface area contributed by atoms with Crippen LogP contribution in [0.1, 0.15) is 70.6 Å². The van der Waals surface area contributed by atoms with Crippen molar-refractivity contribution in [3.63, 3.8) is 0 Å². The van der Waals surface area contributed by atoms with Crippen LogP contribution in [0.15, 0.2) is 4.40 Å². The minimum atomic E-state index is -3.33. The summed E-state index contributed by atoms with van der Waals surface area (Å²) in [5.41, 5.74) is -0.456. The molecule has 0 amide bonds. The van der Waals surface area contributed by atoms with Gasteiger partial charge in [-0.05, 0) is 44.4 Å². The Hall–Kier alpha value is -0.580. The molecule has 1 heterocycles. The molecule has 20 heavy (non-hydrogen) atoms. The second-order valence-corrected chi connectivity index (χ2v) is 8.40. The normalized spacial score (nSPS) is 29.7. The van der Waals surface area contributed by atoms with Gasteiger partial charge in [0, 0.05) is 6.42 Å². The number of hydrogen-bond donors (Lipinski definition) is 0. The Balaban J connectivity index is 1.73. The van der Waals surface area contributed by atoms with Crippen molar-refractivity contribution in [2.45, 2.75) is 76.2 Å². The molecule has 5 heteroatoms. The van der Waals surface area contributed by atoms with E-state index in [9.17, 15) is 8.42 Å². The summed E-state index contributed by atoms with van der Waals surface area (Å²) in [5.74, 6) is 1.16. The van der Waals surface area contributed by atoms with Crippen molar-refractivity contribution >= 4 is 15.9 Å². The predicted octanol–water partition coefficient (Wildman–Crippen LogP) is 3.42. The van der Waals surface area contributed by atoms with Crippen molar-refractivity contribution in [3.05, 3.63) is 0 Å². The third-order valence-corrected chi connectivity index (χ3v) is 6.35. The van der Waals surface area contributed by atoms with Crippen LogP contribution in [0.25, 0.3) is 0 Å². The number of ether oxygens (including phenoxy) is 1. The number of sulfonamides is 1. The van der Waals surface area contributed by atoms with E-state index in [-0.39, 0.29) is 5.75 Å². The first-order chi connectivity index (χ1) is 9.57. The van der Waals surface area contributed by atoms with Crippen LogP contribution in [-0.2, 0) is 14.8 Å². The molecule has 0 N–H and O–H groups in total. The maximum atomic E-state index is 12.1. The summed E-state index contributed by atoms with van der Waals surface area (Å²) in [7, 11) is -3.33. The molecule has 3 aliphatic rings. The molecule has 2 fully saturated rings. The molecule has 0 atom stereocenters. The third-order valence-electron chi connectivity index (χ3n) is 4.97. The van der Waals surface area contributed by atoms with Gasteiger partial charge in [-0.2, -0.15) is 0 Å². The highest BCUT2D eigenvalue weighted by atomic mass is 32.2. The summed E-state index contributed by atoms with van der Waals surface area (Å²) in [6.07, 6.45) is 12.0. The largest absolute Gasteiger partial charge is 0.472 e. The van der Waals surface area contributed by atoms with Crippen molar-refractivity contribution in [1.29, 1.82) is 0 Å². The molecule has 0 unspecified atom stereocenters. The zero-order valence-electron chi connectivity index (χ0n) is 12.1. The Morgan fingerprint density at radius 3 is 2.40 bits per heavy atom. The first kappa shape index (κ1) is 14.4. The van der Waals surface area contributed by atoms with Crippen molar-refractivity contribution in [2.75, 3.05) is 5.75 Å². The molecule has 0 saturated heterocycles. The Kier molecular flexibility index (Phi) is 4.07. The molecule has 2 aliphatic carbocycles. The standard InChI is InChI=1S/C15H25NO3S/c17-20(18)12-15(9-5-2-6-10-15)19-14(16-20)11-13-7-3-1-4-8-13/h13H,1-12H2. The monoisotopic (exact) mass is 299 g/mol. The maximum absolute atomic E-state index is 12.1. The van der Waals surface area contributed by atoms with Crippen molar-refractivity contribution < 1.29 is 13.2 Å². The fourth-order valence-corrected chi connectivity index (χ4v) is 5.48. The predicted molar refractivity (Wildman–Crippen MR) is 79.3 cm³/mol. The minimum Gasteiger partial charge on any atom is -0.472 e. The molecule has 0 radical (unpaired) electrons. The van der Waals surface area contributed by atoms with Crippen molar-refractivity contribution in [2.24, 2.45) is 10.3 Å². The van der Waals surface area contributed by atoms with E-state index >= 15 is 0 Å². The Labute approximate surface area is 122 Å². The van der Waals surface area contributed by atoms with Crippen LogP contribution < -0.4 is 0 Å². The molecule has 3 rings (SSSR count). The summed E-state index contributed by atoms with van der Waals surface area (Å²) < 4.78 is 34.3. The van der Waals surface area contributed by atoms with E-state index in [1.54, 1.807) is 0 Å². The highest BCUT2D eigenvalue weighted by molar-refractivity contribution is 7.90. The summed E-state index contributed by atoms with van der Waals surface area (Å²) in [6, 6.07) is 0. The van der Waals surface area contributed by atoms with Gasteiger partial charge in [0.05, 0.1) is 0 Å². The van der Waals surface area contributed by atoms with Crippen LogP contribution >= 0.6 is 0 Å². The van der Waals surface area contributed by atoms with Crippen LogP contribution in [0.3, 0.4) is 0 Å². The van der Waals surface area contributed by atoms with Gasteiger partial charge in [-0.15, -0.1) is 4.40 Å². The molecular formula is C15H25NO3S. The lowest BCUT2D eigenvalue weighted by molar-refractivity contribution is 0.0317. The van der Waals surface area contributed by atoms with Crippen LogP contribution in [-0.4, -0.2) is 25.7 Å². The van der Waals surface area contributed by atoms with Gasteiger partial charge in [-0.3, -0.25) is 0 Å². The highest BCUT2D eigenvalue weighted by Crippen LogP contribution is 2.37. The van der Waals surface area contributed by atoms with E-state index in [2.05, 4.69) is 4.40 Å². The summed E-state index contributed by atoms with van der Waals surface area (Å²) in [6.45, 7) is 0. The summed E-state index contributed by atoms with van der Waals surface area (Å²) >= 11 is 0. The van der Waals surface area contributed by atoms with E-state index in [0.29, 0.717) is 11.8 Å². The average molecular weight is 299 g/mol. The van der Waals surface area contributed by atoms with Crippen molar-refractivity contribution in [3.8, 4) is 0 Å². The molecule has 2 saturated carbocycles. The summed E-state index contributed by atoms with van der Waals surface area (Å²) in [4.78, 5) is 0. The van der Waals surface area contributed by atoms with Gasteiger partial charge in [0.2, 0.25) is 5.90 Å². The molecular weight excluding hydrogens is 274 g/mol. The molecule has 1 spiro atoms. The number of hydrogen-bond acceptors (Lipinski definition) is 3. The second-order valence-electron chi connectivity index (χ2n) is 6.77. The van der Waals surface area contributed by atoms with E-state index in [1.807, 2.05) is 0 Å². The molecule has 4 nitrogen and oxygen atoms in total. The maximum Gasteiger partial charge on any atom is 0.260 e. The van der Waals surface area contributed by atoms with E-state index in [1.165, 1.54) is 38.5 Å². The van der Waals surface area contributed by atoms with Gasteiger partial charge in [-0.1, -0.05) is 25.7 Å². The highest BCUT2D eigenvalue weighted by Gasteiger charge is 2.43. The minimum absolute atomic E-state index is 0.0914. The lowest BCUT2D eigenvalue weighted by Gasteiger charge is -2.40. The molecule has 114 valence electrons. The van der Waals surface area contributed by atoms with Gasteiger partial charge < -0.3 is 4.74 Å². The smallest absolute Gasteiger partial charge is 0.260 e. The lowest BCUT2D eigenvalue weighted by Crippen LogP contribution is -2.46. The zero-order chi connectivity index (χ0) is 14.1. The van der Waals surface area contributed by atoms with E-state index in [0.717, 1.165) is 32.1 Å². The summed E-state index contributed by atoms with van der Waals surface area (Å²) in [5, 5.41) is 0. The van der Waals surface area contributed by atoms with Crippen molar-refractivity contribution in [1.82, 2.24) is 0 Å². The molecule has 0 bridgehead atoms. The Morgan fingerprint density at radius 2 is 1.70 bits per heavy atom. The fourth-order valence-electron chi connectivity index (χ4n) is 3.98. The van der Waals surface area contributed by atoms with Gasteiger partial charge in [-0.25, -0.2) is 8.42 Å². The van der Waals surface area contributed by atoms with Gasteiger partial charge >= 0.3 is 0 Å². The fraction of sp³-hybridized carbons (Fsp3) is 0.933. The van der Waals surface area contributed by atoms with Gasteiger partial charge in [0.25, 0.3) is 10.0 Å². The zero-order valence-corrected chi connectivity index (χ0v) is 13.0. The average Bonchev–Trinajstić information content (AvgIpc) is 2.38. The Bertz CT molecular complexity index is 471.